The summed E-state index contributed by atoms with van der Waals surface area (Å²) >= 11 is 0. The highest BCUT2D eigenvalue weighted by molar-refractivity contribution is 7.47. The Morgan fingerprint density at radius 1 is 0.554 bits per heavy atom. The maximum Gasteiger partial charge on any atom is 0.472 e. The van der Waals surface area contributed by atoms with Crippen molar-refractivity contribution in [2.75, 3.05) is 33.0 Å². The van der Waals surface area contributed by atoms with Gasteiger partial charge < -0.3 is 24.6 Å². The van der Waals surface area contributed by atoms with Gasteiger partial charge in [-0.3, -0.25) is 13.8 Å². The summed E-state index contributed by atoms with van der Waals surface area (Å²) in [5.74, 6) is -0.404. The van der Waals surface area contributed by atoms with E-state index >= 15 is 0 Å². The van der Waals surface area contributed by atoms with Crippen LogP contribution in [0, 0.1) is 0 Å². The molecule has 0 rings (SSSR count). The Morgan fingerprint density at radius 3 is 1.45 bits per heavy atom. The van der Waals surface area contributed by atoms with E-state index in [1.165, 1.54) is 19.3 Å². The number of phosphoric acid groups is 1. The highest BCUT2D eigenvalue weighted by Crippen LogP contribution is 2.43. The minimum Gasteiger partial charge on any atom is -0.457 e. The van der Waals surface area contributed by atoms with Crippen LogP contribution in [-0.2, 0) is 27.9 Å². The van der Waals surface area contributed by atoms with E-state index in [1.54, 1.807) is 0 Å². The Balaban J connectivity index is 4.25. The number of aliphatic hydroxyl groups excluding tert-OH is 2. The van der Waals surface area contributed by atoms with Gasteiger partial charge in [0, 0.05) is 13.0 Å². The molecule has 0 aliphatic heterocycles. The van der Waals surface area contributed by atoms with E-state index in [9.17, 15) is 19.4 Å². The molecule has 0 spiro atoms. The molecule has 10 heteroatoms. The molecule has 322 valence electrons. The predicted molar refractivity (Wildman–Crippen MR) is 232 cm³/mol. The lowest BCUT2D eigenvalue weighted by Crippen LogP contribution is -2.29. The summed E-state index contributed by atoms with van der Waals surface area (Å²) in [6, 6.07) is 0. The van der Waals surface area contributed by atoms with Crippen LogP contribution in [0.4, 0.5) is 0 Å². The third-order valence-electron chi connectivity index (χ3n) is 8.58. The van der Waals surface area contributed by atoms with Crippen molar-refractivity contribution >= 4 is 13.8 Å². The minimum atomic E-state index is -4.53. The van der Waals surface area contributed by atoms with Crippen LogP contribution in [0.5, 0.6) is 0 Å². The fraction of sp³-hybridized carbons (Fsp3) is 0.674. The zero-order valence-corrected chi connectivity index (χ0v) is 36.0. The van der Waals surface area contributed by atoms with Gasteiger partial charge in [0.25, 0.3) is 0 Å². The van der Waals surface area contributed by atoms with Crippen molar-refractivity contribution in [1.29, 1.82) is 0 Å². The molecule has 0 aliphatic carbocycles. The van der Waals surface area contributed by atoms with Gasteiger partial charge in [-0.25, -0.2) is 4.57 Å². The van der Waals surface area contributed by atoms with E-state index in [0.29, 0.717) is 13.0 Å². The molecular weight excluding hydrogens is 727 g/mol. The van der Waals surface area contributed by atoms with Crippen LogP contribution < -0.4 is 0 Å². The Labute approximate surface area is 341 Å². The lowest BCUT2D eigenvalue weighted by Gasteiger charge is -2.20. The summed E-state index contributed by atoms with van der Waals surface area (Å²) in [5.41, 5.74) is 0. The Bertz CT molecular complexity index is 1140. The maximum absolute atomic E-state index is 12.6. The van der Waals surface area contributed by atoms with E-state index in [-0.39, 0.29) is 13.0 Å². The minimum absolute atomic E-state index is 0.0272. The molecule has 0 saturated heterocycles. The average Bonchev–Trinajstić information content (AvgIpc) is 3.19. The normalized spacial score (nSPS) is 14.9. The molecule has 0 fully saturated rings. The second-order valence-corrected chi connectivity index (χ2v) is 15.4. The van der Waals surface area contributed by atoms with Gasteiger partial charge in [0.1, 0.15) is 12.2 Å². The molecular formula is C46H79O9P. The molecule has 3 N–H and O–H groups in total. The molecule has 3 unspecified atom stereocenters. The number of aliphatic hydroxyl groups is 2. The molecule has 0 heterocycles. The Kier molecular flexibility index (Phi) is 40.5. The summed E-state index contributed by atoms with van der Waals surface area (Å²) in [4.78, 5) is 22.6. The van der Waals surface area contributed by atoms with Crippen molar-refractivity contribution in [3.8, 4) is 0 Å². The highest BCUT2D eigenvalue weighted by Gasteiger charge is 2.26. The first kappa shape index (κ1) is 53.6. The van der Waals surface area contributed by atoms with Crippen LogP contribution in [0.2, 0.25) is 0 Å². The molecule has 0 aromatic rings. The van der Waals surface area contributed by atoms with Crippen molar-refractivity contribution in [2.24, 2.45) is 0 Å². The smallest absolute Gasteiger partial charge is 0.457 e. The van der Waals surface area contributed by atoms with Crippen molar-refractivity contribution in [3.05, 3.63) is 85.1 Å². The van der Waals surface area contributed by atoms with E-state index in [1.807, 2.05) is 0 Å². The predicted octanol–water partition coefficient (Wildman–Crippen LogP) is 11.9. The number of hydrogen-bond donors (Lipinski definition) is 3. The number of unbranched alkanes of at least 4 members (excludes halogenated alkanes) is 12. The van der Waals surface area contributed by atoms with E-state index < -0.39 is 45.8 Å². The van der Waals surface area contributed by atoms with Crippen LogP contribution in [0.3, 0.4) is 0 Å². The average molecular weight is 807 g/mol. The molecule has 9 nitrogen and oxygen atoms in total. The molecule has 0 bridgehead atoms. The lowest BCUT2D eigenvalue weighted by molar-refractivity contribution is -0.154. The van der Waals surface area contributed by atoms with Crippen molar-refractivity contribution < 1.29 is 43.0 Å². The quantitative estimate of drug-likeness (QED) is 0.0240. The number of rotatable bonds is 40. The van der Waals surface area contributed by atoms with Gasteiger partial charge in [-0.15, -0.1) is 0 Å². The standard InChI is InChI=1S/C46H79O9P/c1-3-5-7-9-11-13-15-17-19-21-23-25-27-29-31-33-35-37-39-52-42-45(43-54-56(50,51)53-41-44(48)40-47)55-46(49)38-36-34-32-30-28-26-24-22-20-18-16-14-12-10-8-6-4-2/h5-8,11-14,17-20,23,25,44-45,47-48H,3-4,9-10,15-16,21-22,24,26-43H2,1-2H3,(H,50,51)/b7-5-,8-6-,13-11-,14-12-,19-17-,20-18-,25-23-. The van der Waals surface area contributed by atoms with Gasteiger partial charge in [0.2, 0.25) is 0 Å². The van der Waals surface area contributed by atoms with Gasteiger partial charge in [0.05, 0.1) is 26.4 Å². The van der Waals surface area contributed by atoms with Crippen LogP contribution in [-0.4, -0.2) is 66.3 Å². The molecule has 0 radical (unpaired) electrons. The summed E-state index contributed by atoms with van der Waals surface area (Å²) in [5, 5.41) is 18.4. The second-order valence-electron chi connectivity index (χ2n) is 13.9. The number of ether oxygens (including phenoxy) is 2. The third kappa shape index (κ3) is 41.3. The van der Waals surface area contributed by atoms with Crippen molar-refractivity contribution in [1.82, 2.24) is 0 Å². The first-order valence-electron chi connectivity index (χ1n) is 21.6. The molecule has 0 aromatic carbocycles. The number of hydrogen-bond acceptors (Lipinski definition) is 8. The van der Waals surface area contributed by atoms with E-state index in [4.69, 9.17) is 23.6 Å². The number of phosphoric ester groups is 1. The fourth-order valence-corrected chi connectivity index (χ4v) is 6.15. The highest BCUT2D eigenvalue weighted by atomic mass is 31.2. The van der Waals surface area contributed by atoms with Gasteiger partial charge >= 0.3 is 13.8 Å². The summed E-state index contributed by atoms with van der Waals surface area (Å²) in [6.07, 6.45) is 51.1. The summed E-state index contributed by atoms with van der Waals surface area (Å²) in [7, 11) is -4.53. The van der Waals surface area contributed by atoms with E-state index in [2.05, 4.69) is 98.9 Å². The third-order valence-corrected chi connectivity index (χ3v) is 9.53. The maximum atomic E-state index is 12.6. The largest absolute Gasteiger partial charge is 0.472 e. The fourth-order valence-electron chi connectivity index (χ4n) is 5.36. The van der Waals surface area contributed by atoms with Crippen LogP contribution in [0.15, 0.2) is 85.1 Å². The second kappa shape index (κ2) is 42.3. The number of carbonyl (C=O) groups excluding carboxylic acids is 1. The monoisotopic (exact) mass is 807 g/mol. The first-order chi connectivity index (χ1) is 27.3. The Hall–Kier alpha value is -2.36. The number of esters is 1. The van der Waals surface area contributed by atoms with Gasteiger partial charge in [-0.05, 0) is 83.5 Å². The molecule has 3 atom stereocenters. The SMILES string of the molecule is CC/C=C\C/C=C\C/C=C\C/C=C\CCCCCCCOCC(COP(=O)(O)OCC(O)CO)OC(=O)CCCCCCCCC/C=C\C/C=C\C/C=C\CC. The lowest BCUT2D eigenvalue weighted by atomic mass is 10.1. The topological polar surface area (TPSA) is 132 Å². The van der Waals surface area contributed by atoms with Crippen molar-refractivity contribution in [2.45, 2.75) is 167 Å². The summed E-state index contributed by atoms with van der Waals surface area (Å²) in [6.45, 7) is 3.21. The number of carbonyl (C=O) groups is 1. The van der Waals surface area contributed by atoms with Gasteiger partial charge in [-0.2, -0.15) is 0 Å². The van der Waals surface area contributed by atoms with E-state index in [0.717, 1.165) is 109 Å². The zero-order valence-electron chi connectivity index (χ0n) is 35.1. The van der Waals surface area contributed by atoms with Crippen LogP contribution >= 0.6 is 7.82 Å². The van der Waals surface area contributed by atoms with Gasteiger partial charge in [-0.1, -0.05) is 150 Å². The molecule has 0 aliphatic rings. The molecule has 0 saturated carbocycles. The molecule has 56 heavy (non-hydrogen) atoms. The van der Waals surface area contributed by atoms with Crippen molar-refractivity contribution in [3.63, 3.8) is 0 Å². The molecule has 0 aromatic heterocycles. The Morgan fingerprint density at radius 2 is 0.964 bits per heavy atom. The van der Waals surface area contributed by atoms with Gasteiger partial charge in [0.15, 0.2) is 0 Å². The van der Waals surface area contributed by atoms with Crippen LogP contribution in [0.1, 0.15) is 155 Å². The zero-order chi connectivity index (χ0) is 41.1. The summed E-state index contributed by atoms with van der Waals surface area (Å²) < 4.78 is 33.3. The van der Waals surface area contributed by atoms with Crippen LogP contribution in [0.25, 0.3) is 0 Å². The number of allylic oxidation sites excluding steroid dienone is 14. The molecule has 0 amide bonds. The first-order valence-corrected chi connectivity index (χ1v) is 23.1.